The number of likely N-dealkylation sites (tertiary alicyclic amines) is 1. The Morgan fingerprint density at radius 3 is 2.64 bits per heavy atom. The smallest absolute Gasteiger partial charge is 0.230 e. The molecule has 1 saturated carbocycles. The Balaban J connectivity index is 1.31. The molecule has 2 fully saturated rings. The van der Waals surface area contributed by atoms with Crippen molar-refractivity contribution in [2.45, 2.75) is 50.5 Å². The average molecular weight is 417 g/mol. The molecule has 1 amide bonds. The molecule has 4 rings (SSSR count). The molecule has 0 atom stereocenters. The van der Waals surface area contributed by atoms with Crippen molar-refractivity contribution in [3.05, 3.63) is 57.2 Å². The number of benzene rings is 1. The first-order valence-corrected chi connectivity index (χ1v) is 11.7. The SMILES string of the molecule is O=C(NCC1CCN(Cc2cccs2)CC1)C1(c2cccc(Cl)c2)CCCC1. The third kappa shape index (κ3) is 4.45. The van der Waals surface area contributed by atoms with Crippen molar-refractivity contribution in [3.8, 4) is 0 Å². The van der Waals surface area contributed by atoms with Crippen LogP contribution in [0.5, 0.6) is 0 Å². The summed E-state index contributed by atoms with van der Waals surface area (Å²) in [5, 5.41) is 6.18. The molecule has 1 aromatic heterocycles. The Hall–Kier alpha value is -1.36. The minimum absolute atomic E-state index is 0.202. The van der Waals surface area contributed by atoms with E-state index in [0.29, 0.717) is 5.92 Å². The lowest BCUT2D eigenvalue weighted by molar-refractivity contribution is -0.126. The van der Waals surface area contributed by atoms with Gasteiger partial charge in [0.15, 0.2) is 0 Å². The number of nitrogens with zero attached hydrogens (tertiary/aromatic N) is 1. The van der Waals surface area contributed by atoms with Crippen molar-refractivity contribution in [1.29, 1.82) is 0 Å². The number of hydrogen-bond acceptors (Lipinski definition) is 3. The van der Waals surface area contributed by atoms with Gasteiger partial charge in [-0.25, -0.2) is 0 Å². The number of carbonyl (C=O) groups excluding carboxylic acids is 1. The first kappa shape index (κ1) is 19.9. The van der Waals surface area contributed by atoms with E-state index in [9.17, 15) is 4.79 Å². The van der Waals surface area contributed by atoms with Crippen molar-refractivity contribution in [3.63, 3.8) is 0 Å². The van der Waals surface area contributed by atoms with Gasteiger partial charge in [0.05, 0.1) is 5.41 Å². The fraction of sp³-hybridized carbons (Fsp3) is 0.522. The van der Waals surface area contributed by atoms with E-state index in [4.69, 9.17) is 11.6 Å². The zero-order valence-electron chi connectivity index (χ0n) is 16.3. The summed E-state index contributed by atoms with van der Waals surface area (Å²) in [6.45, 7) is 4.11. The molecule has 1 saturated heterocycles. The van der Waals surface area contributed by atoms with E-state index < -0.39 is 0 Å². The fourth-order valence-electron chi connectivity index (χ4n) is 4.79. The molecule has 0 unspecified atom stereocenters. The molecule has 0 spiro atoms. The molecule has 1 aromatic carbocycles. The summed E-state index contributed by atoms with van der Waals surface area (Å²) in [5.41, 5.74) is 0.700. The molecule has 150 valence electrons. The predicted molar refractivity (Wildman–Crippen MR) is 117 cm³/mol. The van der Waals surface area contributed by atoms with Crippen molar-refractivity contribution in [2.24, 2.45) is 5.92 Å². The van der Waals surface area contributed by atoms with Crippen LogP contribution in [0.25, 0.3) is 0 Å². The second-order valence-electron chi connectivity index (χ2n) is 8.31. The van der Waals surface area contributed by atoms with Crippen LogP contribution in [0.2, 0.25) is 5.02 Å². The van der Waals surface area contributed by atoms with Crippen LogP contribution in [0.15, 0.2) is 41.8 Å². The normalized spacial score (nSPS) is 20.3. The number of halogens is 1. The maximum atomic E-state index is 13.2. The van der Waals surface area contributed by atoms with Gasteiger partial charge in [-0.05, 0) is 73.8 Å². The number of nitrogens with one attached hydrogen (secondary N) is 1. The third-order valence-electron chi connectivity index (χ3n) is 6.49. The van der Waals surface area contributed by atoms with E-state index in [-0.39, 0.29) is 11.3 Å². The van der Waals surface area contributed by atoms with Crippen LogP contribution in [0.3, 0.4) is 0 Å². The van der Waals surface area contributed by atoms with E-state index in [1.807, 2.05) is 29.5 Å². The molecule has 0 bridgehead atoms. The summed E-state index contributed by atoms with van der Waals surface area (Å²) in [6, 6.07) is 12.2. The fourth-order valence-corrected chi connectivity index (χ4v) is 5.73. The second kappa shape index (κ2) is 8.98. The van der Waals surface area contributed by atoms with Gasteiger partial charge < -0.3 is 5.32 Å². The Bertz CT molecular complexity index is 778. The second-order valence-corrected chi connectivity index (χ2v) is 9.78. The topological polar surface area (TPSA) is 32.3 Å². The van der Waals surface area contributed by atoms with Gasteiger partial charge in [-0.15, -0.1) is 11.3 Å². The van der Waals surface area contributed by atoms with Crippen LogP contribution in [0.1, 0.15) is 49.0 Å². The molecule has 5 heteroatoms. The first-order valence-electron chi connectivity index (χ1n) is 10.4. The Morgan fingerprint density at radius 1 is 1.18 bits per heavy atom. The van der Waals surface area contributed by atoms with E-state index in [2.05, 4.69) is 33.8 Å². The van der Waals surface area contributed by atoms with Crippen molar-refractivity contribution < 1.29 is 4.79 Å². The minimum Gasteiger partial charge on any atom is -0.355 e. The first-order chi connectivity index (χ1) is 13.7. The number of thiophene rings is 1. The van der Waals surface area contributed by atoms with Crippen molar-refractivity contribution in [2.75, 3.05) is 19.6 Å². The molecule has 28 heavy (non-hydrogen) atoms. The van der Waals surface area contributed by atoms with Crippen molar-refractivity contribution in [1.82, 2.24) is 10.2 Å². The van der Waals surface area contributed by atoms with Crippen LogP contribution in [-0.2, 0) is 16.8 Å². The van der Waals surface area contributed by atoms with Gasteiger partial charge in [0.2, 0.25) is 5.91 Å². The molecular formula is C23H29ClN2OS. The van der Waals surface area contributed by atoms with Crippen LogP contribution in [0, 0.1) is 5.92 Å². The number of rotatable bonds is 6. The largest absolute Gasteiger partial charge is 0.355 e. The molecule has 2 aliphatic rings. The van der Waals surface area contributed by atoms with Crippen LogP contribution in [0.4, 0.5) is 0 Å². The van der Waals surface area contributed by atoms with Gasteiger partial charge in [-0.1, -0.05) is 42.6 Å². The summed E-state index contributed by atoms with van der Waals surface area (Å²) >= 11 is 8.05. The van der Waals surface area contributed by atoms with Crippen molar-refractivity contribution >= 4 is 28.8 Å². The molecule has 1 N–H and O–H groups in total. The highest BCUT2D eigenvalue weighted by atomic mass is 35.5. The third-order valence-corrected chi connectivity index (χ3v) is 7.58. The van der Waals surface area contributed by atoms with E-state index >= 15 is 0 Å². The highest BCUT2D eigenvalue weighted by molar-refractivity contribution is 7.09. The van der Waals surface area contributed by atoms with E-state index in [1.54, 1.807) is 0 Å². The van der Waals surface area contributed by atoms with Gasteiger partial charge in [-0.2, -0.15) is 0 Å². The summed E-state index contributed by atoms with van der Waals surface area (Å²) in [5.74, 6) is 0.787. The summed E-state index contributed by atoms with van der Waals surface area (Å²) in [7, 11) is 0. The quantitative estimate of drug-likeness (QED) is 0.698. The highest BCUT2D eigenvalue weighted by Gasteiger charge is 2.42. The molecule has 1 aliphatic heterocycles. The lowest BCUT2D eigenvalue weighted by atomic mass is 9.78. The van der Waals surface area contributed by atoms with E-state index in [1.165, 1.54) is 4.88 Å². The Kier molecular flexibility index (Phi) is 6.39. The van der Waals surface area contributed by atoms with Gasteiger partial charge >= 0.3 is 0 Å². The molecule has 2 heterocycles. The minimum atomic E-state index is -0.384. The van der Waals surface area contributed by atoms with E-state index in [0.717, 1.165) is 75.3 Å². The molecule has 3 nitrogen and oxygen atoms in total. The Labute approximate surface area is 177 Å². The zero-order valence-corrected chi connectivity index (χ0v) is 17.9. The zero-order chi connectivity index (χ0) is 19.4. The monoisotopic (exact) mass is 416 g/mol. The van der Waals surface area contributed by atoms with Gasteiger partial charge in [-0.3, -0.25) is 9.69 Å². The average Bonchev–Trinajstić information content (AvgIpc) is 3.40. The predicted octanol–water partition coefficient (Wildman–Crippen LogP) is 5.24. The number of amides is 1. The summed E-state index contributed by atoms with van der Waals surface area (Å²) in [6.07, 6.45) is 6.41. The van der Waals surface area contributed by atoms with Gasteiger partial charge in [0.1, 0.15) is 0 Å². The maximum Gasteiger partial charge on any atom is 0.230 e. The number of piperidine rings is 1. The maximum absolute atomic E-state index is 13.2. The summed E-state index contributed by atoms with van der Waals surface area (Å²) in [4.78, 5) is 17.2. The van der Waals surface area contributed by atoms with Crippen LogP contribution in [-0.4, -0.2) is 30.4 Å². The molecular weight excluding hydrogens is 388 g/mol. The van der Waals surface area contributed by atoms with Gasteiger partial charge in [0, 0.05) is 23.0 Å². The number of hydrogen-bond donors (Lipinski definition) is 1. The van der Waals surface area contributed by atoms with Gasteiger partial charge in [0.25, 0.3) is 0 Å². The molecule has 2 aromatic rings. The lowest BCUT2D eigenvalue weighted by Crippen LogP contribution is -2.45. The lowest BCUT2D eigenvalue weighted by Gasteiger charge is -2.33. The van der Waals surface area contributed by atoms with Crippen LogP contribution < -0.4 is 5.32 Å². The Morgan fingerprint density at radius 2 is 1.96 bits per heavy atom. The molecule has 0 radical (unpaired) electrons. The highest BCUT2D eigenvalue weighted by Crippen LogP contribution is 2.42. The number of carbonyl (C=O) groups is 1. The van der Waals surface area contributed by atoms with Crippen LogP contribution >= 0.6 is 22.9 Å². The summed E-state index contributed by atoms with van der Waals surface area (Å²) < 4.78 is 0. The standard InChI is InChI=1S/C23H29ClN2OS/c24-20-6-3-5-19(15-20)23(10-1-2-11-23)22(27)25-16-18-8-12-26(13-9-18)17-21-7-4-14-28-21/h3-7,14-15,18H,1-2,8-13,16-17H2,(H,25,27). The molecule has 1 aliphatic carbocycles.